The molecule has 0 spiro atoms. The van der Waals surface area contributed by atoms with Crippen LogP contribution in [0.4, 0.5) is 0 Å². The molecule has 3 unspecified atom stereocenters. The zero-order valence-electron chi connectivity index (χ0n) is 11.3. The maximum atomic E-state index is 12.3. The van der Waals surface area contributed by atoms with Crippen molar-refractivity contribution >= 4 is 17.4 Å². The van der Waals surface area contributed by atoms with E-state index in [0.29, 0.717) is 23.6 Å². The van der Waals surface area contributed by atoms with Crippen molar-refractivity contribution in [2.75, 3.05) is 13.1 Å². The van der Waals surface area contributed by atoms with E-state index < -0.39 is 0 Å². The number of hydrogen-bond acceptors (Lipinski definition) is 2. The minimum Gasteiger partial charge on any atom is -0.314 e. The molecule has 1 aliphatic heterocycles. The van der Waals surface area contributed by atoms with Crippen LogP contribution in [0.1, 0.15) is 45.4 Å². The standard InChI is InChI=1S/C14H25ClN2O/c1-10-3-2-8-17(14(10)16)9-13(18)11-4-6-12(15)7-5-11/h10-12,14H,2-9,16H2,1H3/p+1. The number of carbonyl (C=O) groups is 1. The number of halogens is 1. The van der Waals surface area contributed by atoms with Crippen LogP contribution in [0.25, 0.3) is 0 Å². The van der Waals surface area contributed by atoms with Crippen LogP contribution in [0, 0.1) is 11.8 Å². The summed E-state index contributed by atoms with van der Waals surface area (Å²) in [4.78, 5) is 13.6. The number of Topliss-reactive ketones (excluding diaryl/α,β-unsaturated/α-hetero) is 1. The molecule has 1 saturated heterocycles. The summed E-state index contributed by atoms with van der Waals surface area (Å²) in [6.07, 6.45) is 6.50. The third kappa shape index (κ3) is 3.46. The summed E-state index contributed by atoms with van der Waals surface area (Å²) < 4.78 is 0. The molecule has 2 aliphatic rings. The Balaban J connectivity index is 1.83. The highest BCUT2D eigenvalue weighted by molar-refractivity contribution is 6.20. The Morgan fingerprint density at radius 1 is 1.28 bits per heavy atom. The molecule has 2 rings (SSSR count). The number of likely N-dealkylation sites (tertiary alicyclic amines) is 1. The molecule has 1 aliphatic carbocycles. The first-order chi connectivity index (χ1) is 8.58. The van der Waals surface area contributed by atoms with E-state index in [2.05, 4.69) is 6.92 Å². The summed E-state index contributed by atoms with van der Waals surface area (Å²) in [6, 6.07) is 0. The third-order valence-corrected chi connectivity index (χ3v) is 5.19. The van der Waals surface area contributed by atoms with Gasteiger partial charge in [-0.2, -0.15) is 0 Å². The van der Waals surface area contributed by atoms with Crippen LogP contribution in [0.5, 0.6) is 0 Å². The van der Waals surface area contributed by atoms with E-state index in [-0.39, 0.29) is 12.1 Å². The first-order valence-corrected chi connectivity index (χ1v) is 7.78. The summed E-state index contributed by atoms with van der Waals surface area (Å²) in [5.41, 5.74) is 6.21. The van der Waals surface area contributed by atoms with Gasteiger partial charge in [-0.1, -0.05) is 6.92 Å². The Labute approximate surface area is 115 Å². The number of ketones is 1. The number of piperidine rings is 1. The molecule has 0 aromatic carbocycles. The summed E-state index contributed by atoms with van der Waals surface area (Å²) >= 11 is 6.08. The number of hydrogen-bond donors (Lipinski definition) is 2. The topological polar surface area (TPSA) is 47.5 Å². The van der Waals surface area contributed by atoms with Crippen LogP contribution in [0.3, 0.4) is 0 Å². The van der Waals surface area contributed by atoms with Crippen LogP contribution < -0.4 is 10.6 Å². The van der Waals surface area contributed by atoms with Gasteiger partial charge in [-0.05, 0) is 38.5 Å². The Morgan fingerprint density at radius 3 is 2.61 bits per heavy atom. The van der Waals surface area contributed by atoms with Gasteiger partial charge in [0.05, 0.1) is 6.54 Å². The molecular formula is C14H26ClN2O+. The van der Waals surface area contributed by atoms with Crippen molar-refractivity contribution in [2.24, 2.45) is 17.6 Å². The highest BCUT2D eigenvalue weighted by Gasteiger charge is 2.33. The third-order valence-electron chi connectivity index (χ3n) is 4.76. The second kappa shape index (κ2) is 6.36. The van der Waals surface area contributed by atoms with E-state index in [1.165, 1.54) is 17.7 Å². The lowest BCUT2D eigenvalue weighted by Gasteiger charge is -2.35. The van der Waals surface area contributed by atoms with Gasteiger partial charge in [0, 0.05) is 17.2 Å². The first-order valence-electron chi connectivity index (χ1n) is 7.35. The minimum atomic E-state index is 0.145. The molecule has 104 valence electrons. The number of nitrogens with two attached hydrogens (primary N) is 1. The van der Waals surface area contributed by atoms with Gasteiger partial charge in [0.2, 0.25) is 0 Å². The van der Waals surface area contributed by atoms with Crippen molar-refractivity contribution in [3.8, 4) is 0 Å². The fourth-order valence-corrected chi connectivity index (χ4v) is 3.60. The summed E-state index contributed by atoms with van der Waals surface area (Å²) in [6.45, 7) is 3.89. The molecule has 18 heavy (non-hydrogen) atoms. The van der Waals surface area contributed by atoms with E-state index >= 15 is 0 Å². The molecule has 2 fully saturated rings. The number of carbonyl (C=O) groups excluding carboxylic acids is 1. The van der Waals surface area contributed by atoms with Crippen molar-refractivity contribution in [1.82, 2.24) is 0 Å². The maximum absolute atomic E-state index is 12.3. The van der Waals surface area contributed by atoms with Crippen LogP contribution >= 0.6 is 11.6 Å². The van der Waals surface area contributed by atoms with Crippen molar-refractivity contribution in [3.05, 3.63) is 0 Å². The Morgan fingerprint density at radius 2 is 1.94 bits per heavy atom. The first kappa shape index (κ1) is 14.3. The molecule has 3 N–H and O–H groups in total. The van der Waals surface area contributed by atoms with E-state index in [1.807, 2.05) is 0 Å². The Bertz CT molecular complexity index is 290. The highest BCUT2D eigenvalue weighted by atomic mass is 35.5. The number of quaternary nitrogens is 1. The average Bonchev–Trinajstić information content (AvgIpc) is 2.36. The molecule has 1 saturated carbocycles. The van der Waals surface area contributed by atoms with E-state index in [0.717, 1.165) is 32.2 Å². The van der Waals surface area contributed by atoms with Gasteiger partial charge in [0.1, 0.15) is 12.7 Å². The van der Waals surface area contributed by atoms with Gasteiger partial charge >= 0.3 is 0 Å². The zero-order valence-corrected chi connectivity index (χ0v) is 12.1. The number of alkyl halides is 1. The number of rotatable bonds is 3. The lowest BCUT2D eigenvalue weighted by molar-refractivity contribution is -0.927. The molecule has 0 radical (unpaired) electrons. The predicted octanol–water partition coefficient (Wildman–Crippen LogP) is 0.953. The molecule has 0 amide bonds. The summed E-state index contributed by atoms with van der Waals surface area (Å²) in [5.74, 6) is 1.20. The van der Waals surface area contributed by atoms with Gasteiger partial charge in [-0.3, -0.25) is 10.5 Å². The largest absolute Gasteiger partial charge is 0.314 e. The van der Waals surface area contributed by atoms with Crippen LogP contribution in [0.15, 0.2) is 0 Å². The Kier molecular flexibility index (Phi) is 5.05. The van der Waals surface area contributed by atoms with Crippen LogP contribution in [0.2, 0.25) is 0 Å². The maximum Gasteiger partial charge on any atom is 0.189 e. The fraction of sp³-hybridized carbons (Fsp3) is 0.929. The summed E-state index contributed by atoms with van der Waals surface area (Å²) in [7, 11) is 0. The fourth-order valence-electron chi connectivity index (χ4n) is 3.35. The molecule has 4 heteroatoms. The van der Waals surface area contributed by atoms with Crippen LogP contribution in [-0.2, 0) is 4.79 Å². The normalized spacial score (nSPS) is 41.6. The Hall–Kier alpha value is -0.120. The molecule has 0 bridgehead atoms. The molecule has 3 nitrogen and oxygen atoms in total. The van der Waals surface area contributed by atoms with Gasteiger partial charge in [0.25, 0.3) is 0 Å². The molecule has 0 aromatic rings. The highest BCUT2D eigenvalue weighted by Crippen LogP contribution is 2.27. The van der Waals surface area contributed by atoms with Gasteiger partial charge < -0.3 is 4.90 Å². The van der Waals surface area contributed by atoms with Gasteiger partial charge in [0.15, 0.2) is 5.78 Å². The van der Waals surface area contributed by atoms with Crippen molar-refractivity contribution in [2.45, 2.75) is 57.0 Å². The zero-order chi connectivity index (χ0) is 13.1. The van der Waals surface area contributed by atoms with E-state index in [9.17, 15) is 4.79 Å². The van der Waals surface area contributed by atoms with Crippen molar-refractivity contribution < 1.29 is 9.69 Å². The monoisotopic (exact) mass is 273 g/mol. The predicted molar refractivity (Wildman–Crippen MR) is 73.7 cm³/mol. The van der Waals surface area contributed by atoms with Crippen LogP contribution in [-0.4, -0.2) is 30.4 Å². The summed E-state index contributed by atoms with van der Waals surface area (Å²) in [5, 5.41) is 0.290. The van der Waals surface area contributed by atoms with Crippen molar-refractivity contribution in [1.29, 1.82) is 0 Å². The van der Waals surface area contributed by atoms with Crippen molar-refractivity contribution in [3.63, 3.8) is 0 Å². The van der Waals surface area contributed by atoms with Gasteiger partial charge in [-0.15, -0.1) is 11.6 Å². The second-order valence-electron chi connectivity index (χ2n) is 6.15. The molecule has 1 heterocycles. The average molecular weight is 274 g/mol. The smallest absolute Gasteiger partial charge is 0.189 e. The quantitative estimate of drug-likeness (QED) is 0.753. The molecule has 0 aromatic heterocycles. The minimum absolute atomic E-state index is 0.145. The van der Waals surface area contributed by atoms with E-state index in [1.54, 1.807) is 0 Å². The van der Waals surface area contributed by atoms with Gasteiger partial charge in [-0.25, -0.2) is 0 Å². The molecular weight excluding hydrogens is 248 g/mol. The number of nitrogens with one attached hydrogen (secondary N) is 1. The molecule has 3 atom stereocenters. The lowest BCUT2D eigenvalue weighted by atomic mass is 9.85. The lowest BCUT2D eigenvalue weighted by Crippen LogP contribution is -3.19. The van der Waals surface area contributed by atoms with E-state index in [4.69, 9.17) is 17.3 Å². The second-order valence-corrected chi connectivity index (χ2v) is 6.76. The SMILES string of the molecule is CC1CCC[NH+](CC(=O)C2CCC(Cl)CC2)C1N.